The van der Waals surface area contributed by atoms with Gasteiger partial charge < -0.3 is 9.30 Å². The summed E-state index contributed by atoms with van der Waals surface area (Å²) in [6.07, 6.45) is 7.77. The van der Waals surface area contributed by atoms with Crippen LogP contribution in [0.15, 0.2) is 54.9 Å². The van der Waals surface area contributed by atoms with Crippen LogP contribution in [0, 0.1) is 5.92 Å². The van der Waals surface area contributed by atoms with Gasteiger partial charge in [0, 0.05) is 42.5 Å². The van der Waals surface area contributed by atoms with Gasteiger partial charge in [0.05, 0.1) is 11.9 Å². The number of Topliss-reactive ketones (excluding diaryl/α,β-unsaturated/α-hetero) is 1. The summed E-state index contributed by atoms with van der Waals surface area (Å²) in [5, 5.41) is 0. The Balaban J connectivity index is 1.28. The molecule has 1 N–H and O–H groups in total. The summed E-state index contributed by atoms with van der Waals surface area (Å²) in [5.41, 5.74) is 3.16. The maximum absolute atomic E-state index is 12.8. The maximum atomic E-state index is 12.8. The summed E-state index contributed by atoms with van der Waals surface area (Å²) in [6.45, 7) is 2.74. The predicted octanol–water partition coefficient (Wildman–Crippen LogP) is 2.84. The number of fused-ring (bicyclic) bond motifs is 1. The Morgan fingerprint density at radius 2 is 1.87 bits per heavy atom. The number of rotatable bonds is 7. The van der Waals surface area contributed by atoms with Crippen LogP contribution in [0.25, 0.3) is 5.65 Å². The van der Waals surface area contributed by atoms with Crippen LogP contribution in [0.2, 0.25) is 0 Å². The fourth-order valence-electron chi connectivity index (χ4n) is 3.95. The highest BCUT2D eigenvalue weighted by atomic mass is 32.2. The number of carbonyl (C=O) groups excluding carboxylic acids is 1. The molecular weight excluding hydrogens is 400 g/mol. The molecule has 0 aliphatic carbocycles. The number of nitrogens with zero attached hydrogens (tertiary/aromatic N) is 3. The van der Waals surface area contributed by atoms with Crippen molar-refractivity contribution in [3.05, 3.63) is 66.1 Å². The second-order valence-electron chi connectivity index (χ2n) is 7.88. The first-order valence-corrected chi connectivity index (χ1v) is 12.0. The summed E-state index contributed by atoms with van der Waals surface area (Å²) in [6, 6.07) is 12.7. The van der Waals surface area contributed by atoms with E-state index >= 15 is 0 Å². The van der Waals surface area contributed by atoms with E-state index in [1.165, 1.54) is 0 Å². The molecule has 0 bridgehead atoms. The molecule has 1 aromatic carbocycles. The van der Waals surface area contributed by atoms with Gasteiger partial charge in [0.25, 0.3) is 0 Å². The van der Waals surface area contributed by atoms with E-state index in [2.05, 4.69) is 20.8 Å². The van der Waals surface area contributed by atoms with Gasteiger partial charge in [-0.15, -0.1) is 0 Å². The Labute approximate surface area is 176 Å². The number of piperidine rings is 1. The number of hydrogen-bond donors (Lipinski definition) is 1. The Hall–Kier alpha value is -2.71. The van der Waals surface area contributed by atoms with Crippen LogP contribution in [0.5, 0.6) is 0 Å². The highest BCUT2D eigenvalue weighted by Gasteiger charge is 2.25. The Kier molecular flexibility index (Phi) is 5.87. The van der Waals surface area contributed by atoms with Crippen molar-refractivity contribution in [3.8, 4) is 0 Å². The van der Waals surface area contributed by atoms with Crippen molar-refractivity contribution in [1.29, 1.82) is 0 Å². The molecule has 3 aromatic rings. The van der Waals surface area contributed by atoms with Gasteiger partial charge in [0.15, 0.2) is 5.78 Å². The van der Waals surface area contributed by atoms with Crippen molar-refractivity contribution in [2.24, 2.45) is 5.92 Å². The molecular formula is C22H26N4O3S. The second-order valence-corrected chi connectivity index (χ2v) is 9.63. The van der Waals surface area contributed by atoms with Crippen molar-refractivity contribution < 1.29 is 13.2 Å². The number of hydrogen-bond acceptors (Lipinski definition) is 5. The van der Waals surface area contributed by atoms with Gasteiger partial charge in [0.1, 0.15) is 5.65 Å². The summed E-state index contributed by atoms with van der Waals surface area (Å²) >= 11 is 0. The van der Waals surface area contributed by atoms with Gasteiger partial charge >= 0.3 is 0 Å². The van der Waals surface area contributed by atoms with Crippen LogP contribution in [0.4, 0.5) is 5.69 Å². The molecule has 8 heteroatoms. The molecule has 0 atom stereocenters. The van der Waals surface area contributed by atoms with E-state index in [1.54, 1.807) is 24.3 Å². The molecule has 0 spiro atoms. The number of carbonyl (C=O) groups is 1. The lowest BCUT2D eigenvalue weighted by atomic mass is 9.89. The van der Waals surface area contributed by atoms with E-state index < -0.39 is 10.0 Å². The van der Waals surface area contributed by atoms with E-state index in [4.69, 9.17) is 0 Å². The number of aromatic nitrogens is 2. The number of benzene rings is 1. The van der Waals surface area contributed by atoms with Gasteiger partial charge in [-0.05, 0) is 62.3 Å². The SMILES string of the molecule is CS(=O)(=O)Nc1ccc(C(=O)C2CCN(CCc3cn4ccccc4n3)CC2)cc1. The van der Waals surface area contributed by atoms with Crippen LogP contribution in [-0.2, 0) is 16.4 Å². The summed E-state index contributed by atoms with van der Waals surface area (Å²) in [4.78, 5) is 19.9. The summed E-state index contributed by atoms with van der Waals surface area (Å²) in [7, 11) is -3.32. The lowest BCUT2D eigenvalue weighted by Gasteiger charge is -2.31. The third-order valence-corrected chi connectivity index (χ3v) is 6.14. The third kappa shape index (κ3) is 5.06. The zero-order chi connectivity index (χ0) is 21.1. The topological polar surface area (TPSA) is 83.8 Å². The van der Waals surface area contributed by atoms with Crippen LogP contribution in [-0.4, -0.2) is 54.4 Å². The molecule has 1 saturated heterocycles. The fourth-order valence-corrected chi connectivity index (χ4v) is 4.52. The van der Waals surface area contributed by atoms with E-state index in [0.717, 1.165) is 56.5 Å². The van der Waals surface area contributed by atoms with Crippen molar-refractivity contribution in [2.45, 2.75) is 19.3 Å². The minimum absolute atomic E-state index is 0.0187. The van der Waals surface area contributed by atoms with Gasteiger partial charge in [-0.1, -0.05) is 6.07 Å². The van der Waals surface area contributed by atoms with Crippen LogP contribution >= 0.6 is 0 Å². The molecule has 0 amide bonds. The van der Waals surface area contributed by atoms with E-state index in [-0.39, 0.29) is 11.7 Å². The zero-order valence-electron chi connectivity index (χ0n) is 17.0. The first-order chi connectivity index (χ1) is 14.4. The average Bonchev–Trinajstić information content (AvgIpc) is 3.15. The van der Waals surface area contributed by atoms with Crippen molar-refractivity contribution >= 4 is 27.1 Å². The quantitative estimate of drug-likeness (QED) is 0.588. The highest BCUT2D eigenvalue weighted by molar-refractivity contribution is 7.92. The number of likely N-dealkylation sites (tertiary alicyclic amines) is 1. The smallest absolute Gasteiger partial charge is 0.229 e. The molecule has 0 saturated carbocycles. The minimum Gasteiger partial charge on any atom is -0.307 e. The lowest BCUT2D eigenvalue weighted by Crippen LogP contribution is -2.37. The Bertz CT molecular complexity index is 1100. The molecule has 1 fully saturated rings. The fraction of sp³-hybridized carbons (Fsp3) is 0.364. The number of anilines is 1. The second kappa shape index (κ2) is 8.57. The van der Waals surface area contributed by atoms with Crippen LogP contribution in [0.3, 0.4) is 0 Å². The minimum atomic E-state index is -3.32. The van der Waals surface area contributed by atoms with Crippen LogP contribution < -0.4 is 4.72 Å². The molecule has 0 unspecified atom stereocenters. The first kappa shape index (κ1) is 20.6. The van der Waals surface area contributed by atoms with Crippen molar-refractivity contribution in [2.75, 3.05) is 30.6 Å². The molecule has 158 valence electrons. The average molecular weight is 427 g/mol. The van der Waals surface area contributed by atoms with Crippen molar-refractivity contribution in [3.63, 3.8) is 0 Å². The summed E-state index contributed by atoms with van der Waals surface area (Å²) in [5.74, 6) is 0.158. The molecule has 4 rings (SSSR count). The first-order valence-electron chi connectivity index (χ1n) is 10.1. The molecule has 3 heterocycles. The van der Waals surface area contributed by atoms with Gasteiger partial charge in [0.2, 0.25) is 10.0 Å². The molecule has 2 aromatic heterocycles. The zero-order valence-corrected chi connectivity index (χ0v) is 17.8. The Morgan fingerprint density at radius 3 is 2.53 bits per heavy atom. The van der Waals surface area contributed by atoms with Gasteiger partial charge in [-0.3, -0.25) is 9.52 Å². The lowest BCUT2D eigenvalue weighted by molar-refractivity contribution is 0.0841. The maximum Gasteiger partial charge on any atom is 0.229 e. The van der Waals surface area contributed by atoms with E-state index in [1.807, 2.05) is 28.8 Å². The summed E-state index contributed by atoms with van der Waals surface area (Å²) < 4.78 is 27.1. The number of sulfonamides is 1. The number of pyridine rings is 1. The van der Waals surface area contributed by atoms with Gasteiger partial charge in [-0.2, -0.15) is 0 Å². The van der Waals surface area contributed by atoms with Crippen LogP contribution in [0.1, 0.15) is 28.9 Å². The third-order valence-electron chi connectivity index (χ3n) is 5.53. The monoisotopic (exact) mass is 426 g/mol. The van der Waals surface area contributed by atoms with E-state index in [0.29, 0.717) is 11.3 Å². The predicted molar refractivity (Wildman–Crippen MR) is 117 cm³/mol. The Morgan fingerprint density at radius 1 is 1.13 bits per heavy atom. The highest BCUT2D eigenvalue weighted by Crippen LogP contribution is 2.23. The van der Waals surface area contributed by atoms with Crippen molar-refractivity contribution in [1.82, 2.24) is 14.3 Å². The number of nitrogens with one attached hydrogen (secondary N) is 1. The molecule has 0 radical (unpaired) electrons. The molecule has 7 nitrogen and oxygen atoms in total. The van der Waals surface area contributed by atoms with E-state index in [9.17, 15) is 13.2 Å². The molecule has 30 heavy (non-hydrogen) atoms. The number of imidazole rings is 1. The standard InChI is InChI=1S/C22H26N4O3S/c1-30(28,29)24-19-7-5-17(6-8-19)22(27)18-9-13-25(14-10-18)15-11-20-16-26-12-3-2-4-21(26)23-20/h2-8,12,16,18,24H,9-11,13-15H2,1H3. The van der Waals surface area contributed by atoms with Gasteiger partial charge in [-0.25, -0.2) is 13.4 Å². The normalized spacial score (nSPS) is 16.0. The molecule has 1 aliphatic heterocycles. The molecule has 1 aliphatic rings. The number of ketones is 1. The largest absolute Gasteiger partial charge is 0.307 e.